The SMILES string of the molecule is ClCc1nn2c(-c3ccccc3)nnc2s1. The Morgan fingerprint density at radius 3 is 2.75 bits per heavy atom. The van der Waals surface area contributed by atoms with Crippen LogP contribution in [0.4, 0.5) is 0 Å². The molecule has 0 aliphatic rings. The van der Waals surface area contributed by atoms with Crippen molar-refractivity contribution in [3.8, 4) is 11.4 Å². The van der Waals surface area contributed by atoms with Crippen molar-refractivity contribution in [3.05, 3.63) is 35.3 Å². The van der Waals surface area contributed by atoms with Gasteiger partial charge in [-0.3, -0.25) is 0 Å². The number of fused-ring (bicyclic) bond motifs is 1. The molecular formula is C10H7ClN4S. The lowest BCUT2D eigenvalue weighted by molar-refractivity contribution is 0.935. The summed E-state index contributed by atoms with van der Waals surface area (Å²) in [6.07, 6.45) is 0. The van der Waals surface area contributed by atoms with Crippen molar-refractivity contribution in [1.82, 2.24) is 19.8 Å². The maximum atomic E-state index is 5.74. The lowest BCUT2D eigenvalue weighted by atomic mass is 10.2. The van der Waals surface area contributed by atoms with E-state index in [1.165, 1.54) is 11.3 Å². The highest BCUT2D eigenvalue weighted by Gasteiger charge is 2.12. The van der Waals surface area contributed by atoms with Crippen molar-refractivity contribution >= 4 is 27.9 Å². The van der Waals surface area contributed by atoms with Crippen LogP contribution >= 0.6 is 22.9 Å². The smallest absolute Gasteiger partial charge is 0.183 e. The molecule has 4 nitrogen and oxygen atoms in total. The van der Waals surface area contributed by atoms with Crippen LogP contribution in [0.5, 0.6) is 0 Å². The summed E-state index contributed by atoms with van der Waals surface area (Å²) in [6.45, 7) is 0. The van der Waals surface area contributed by atoms with Crippen LogP contribution < -0.4 is 0 Å². The number of nitrogens with zero attached hydrogens (tertiary/aromatic N) is 4. The summed E-state index contributed by atoms with van der Waals surface area (Å²) in [7, 11) is 0. The Labute approximate surface area is 101 Å². The zero-order chi connectivity index (χ0) is 11.0. The minimum atomic E-state index is 0.405. The van der Waals surface area contributed by atoms with Crippen molar-refractivity contribution in [2.45, 2.75) is 5.88 Å². The second-order valence-corrected chi connectivity index (χ2v) is 4.52. The monoisotopic (exact) mass is 250 g/mol. The highest BCUT2D eigenvalue weighted by atomic mass is 35.5. The highest BCUT2D eigenvalue weighted by Crippen LogP contribution is 2.21. The Bertz CT molecular complexity index is 616. The molecule has 0 radical (unpaired) electrons. The topological polar surface area (TPSA) is 43.1 Å². The van der Waals surface area contributed by atoms with E-state index in [4.69, 9.17) is 11.6 Å². The molecule has 0 atom stereocenters. The summed E-state index contributed by atoms with van der Waals surface area (Å²) in [4.78, 5) is 0.773. The molecule has 0 bridgehead atoms. The van der Waals surface area contributed by atoms with E-state index in [1.807, 2.05) is 30.3 Å². The quantitative estimate of drug-likeness (QED) is 0.657. The minimum absolute atomic E-state index is 0.405. The van der Waals surface area contributed by atoms with E-state index in [1.54, 1.807) is 4.52 Å². The molecule has 16 heavy (non-hydrogen) atoms. The second-order valence-electron chi connectivity index (χ2n) is 3.21. The average Bonchev–Trinajstić information content (AvgIpc) is 2.88. The molecule has 80 valence electrons. The fraction of sp³-hybridized carbons (Fsp3) is 0.100. The van der Waals surface area contributed by atoms with Gasteiger partial charge in [0.1, 0.15) is 5.01 Å². The molecular weight excluding hydrogens is 244 g/mol. The standard InChI is InChI=1S/C10H7ClN4S/c11-6-8-14-15-9(12-13-10(15)16-8)7-4-2-1-3-5-7/h1-5H,6H2. The number of hydrogen-bond acceptors (Lipinski definition) is 4. The van der Waals surface area contributed by atoms with Crippen LogP contribution in [-0.2, 0) is 5.88 Å². The number of rotatable bonds is 2. The minimum Gasteiger partial charge on any atom is -0.183 e. The molecule has 0 spiro atoms. The number of aromatic nitrogens is 4. The van der Waals surface area contributed by atoms with E-state index in [2.05, 4.69) is 15.3 Å². The molecule has 1 aromatic carbocycles. The van der Waals surface area contributed by atoms with Crippen molar-refractivity contribution < 1.29 is 0 Å². The van der Waals surface area contributed by atoms with Crippen LogP contribution in [-0.4, -0.2) is 19.8 Å². The predicted molar refractivity (Wildman–Crippen MR) is 63.7 cm³/mol. The fourth-order valence-corrected chi connectivity index (χ4v) is 2.38. The largest absolute Gasteiger partial charge is 0.235 e. The number of alkyl halides is 1. The molecule has 6 heteroatoms. The molecule has 0 aliphatic carbocycles. The summed E-state index contributed by atoms with van der Waals surface area (Å²) in [5.74, 6) is 1.16. The van der Waals surface area contributed by atoms with Gasteiger partial charge in [0.15, 0.2) is 5.82 Å². The van der Waals surface area contributed by atoms with E-state index >= 15 is 0 Å². The predicted octanol–water partition coefficient (Wildman–Crippen LogP) is 2.59. The lowest BCUT2D eigenvalue weighted by Crippen LogP contribution is -1.90. The van der Waals surface area contributed by atoms with Crippen molar-refractivity contribution in [3.63, 3.8) is 0 Å². The molecule has 0 unspecified atom stereocenters. The zero-order valence-electron chi connectivity index (χ0n) is 8.17. The first-order chi connectivity index (χ1) is 7.88. The van der Waals surface area contributed by atoms with Crippen molar-refractivity contribution in [2.24, 2.45) is 0 Å². The van der Waals surface area contributed by atoms with Crippen LogP contribution in [0.2, 0.25) is 0 Å². The molecule has 0 amide bonds. The van der Waals surface area contributed by atoms with Gasteiger partial charge in [-0.2, -0.15) is 9.61 Å². The van der Waals surface area contributed by atoms with E-state index in [9.17, 15) is 0 Å². The van der Waals surface area contributed by atoms with E-state index in [-0.39, 0.29) is 0 Å². The Morgan fingerprint density at radius 2 is 2.00 bits per heavy atom. The van der Waals surface area contributed by atoms with Gasteiger partial charge in [-0.15, -0.1) is 21.8 Å². The van der Waals surface area contributed by atoms with Gasteiger partial charge in [0.05, 0.1) is 5.88 Å². The molecule has 0 aliphatic heterocycles. The van der Waals surface area contributed by atoms with Gasteiger partial charge in [0, 0.05) is 5.56 Å². The third-order valence-electron chi connectivity index (χ3n) is 2.18. The van der Waals surface area contributed by atoms with E-state index in [0.717, 1.165) is 21.4 Å². The van der Waals surface area contributed by atoms with Gasteiger partial charge < -0.3 is 0 Å². The Hall–Kier alpha value is -1.46. The molecule has 3 rings (SSSR count). The third kappa shape index (κ3) is 1.48. The Balaban J connectivity index is 2.20. The van der Waals surface area contributed by atoms with Crippen LogP contribution in [0.1, 0.15) is 5.01 Å². The van der Waals surface area contributed by atoms with E-state index in [0.29, 0.717) is 5.88 Å². The maximum Gasteiger partial charge on any atom is 0.235 e. The molecule has 0 fully saturated rings. The Morgan fingerprint density at radius 1 is 1.19 bits per heavy atom. The normalized spacial score (nSPS) is 11.1. The van der Waals surface area contributed by atoms with Crippen molar-refractivity contribution in [1.29, 1.82) is 0 Å². The molecule has 2 aromatic heterocycles. The summed E-state index contributed by atoms with van der Waals surface area (Å²) < 4.78 is 1.73. The van der Waals surface area contributed by atoms with Crippen LogP contribution in [0.15, 0.2) is 30.3 Å². The summed E-state index contributed by atoms with van der Waals surface area (Å²) in [5, 5.41) is 13.4. The summed E-state index contributed by atoms with van der Waals surface area (Å²) in [5.41, 5.74) is 1.00. The average molecular weight is 251 g/mol. The van der Waals surface area contributed by atoms with Gasteiger partial charge >= 0.3 is 0 Å². The number of hydrogen-bond donors (Lipinski definition) is 0. The van der Waals surface area contributed by atoms with Crippen LogP contribution in [0.25, 0.3) is 16.3 Å². The molecule has 2 heterocycles. The second kappa shape index (κ2) is 3.84. The number of benzene rings is 1. The number of halogens is 1. The molecule has 0 N–H and O–H groups in total. The van der Waals surface area contributed by atoms with E-state index < -0.39 is 0 Å². The summed E-state index contributed by atoms with van der Waals surface area (Å²) >= 11 is 7.20. The molecule has 0 saturated carbocycles. The van der Waals surface area contributed by atoms with Gasteiger partial charge in [-0.25, -0.2) is 0 Å². The van der Waals surface area contributed by atoms with Crippen LogP contribution in [0, 0.1) is 0 Å². The molecule has 0 saturated heterocycles. The maximum absolute atomic E-state index is 5.74. The first-order valence-electron chi connectivity index (χ1n) is 4.71. The fourth-order valence-electron chi connectivity index (χ4n) is 1.48. The van der Waals surface area contributed by atoms with Crippen LogP contribution in [0.3, 0.4) is 0 Å². The lowest BCUT2D eigenvalue weighted by Gasteiger charge is -1.94. The van der Waals surface area contributed by atoms with Crippen molar-refractivity contribution in [2.75, 3.05) is 0 Å². The Kier molecular flexibility index (Phi) is 2.34. The molecule has 3 aromatic rings. The third-order valence-corrected chi connectivity index (χ3v) is 3.49. The summed E-state index contributed by atoms with van der Waals surface area (Å²) in [6, 6.07) is 9.86. The zero-order valence-corrected chi connectivity index (χ0v) is 9.74. The first kappa shape index (κ1) is 9.74. The highest BCUT2D eigenvalue weighted by molar-refractivity contribution is 7.16. The van der Waals surface area contributed by atoms with Gasteiger partial charge in [-0.1, -0.05) is 41.7 Å². The van der Waals surface area contributed by atoms with Gasteiger partial charge in [0.25, 0.3) is 0 Å². The van der Waals surface area contributed by atoms with Gasteiger partial charge in [0.2, 0.25) is 4.96 Å². The first-order valence-corrected chi connectivity index (χ1v) is 6.06. The van der Waals surface area contributed by atoms with Gasteiger partial charge in [-0.05, 0) is 0 Å².